The van der Waals surface area contributed by atoms with E-state index in [1.165, 1.54) is 23.5 Å². The normalized spacial score (nSPS) is 14.9. The largest absolute Gasteiger partial charge is 0.416 e. The zero-order valence-electron chi connectivity index (χ0n) is 19.1. The van der Waals surface area contributed by atoms with E-state index in [1.54, 1.807) is 17.2 Å². The van der Waals surface area contributed by atoms with Gasteiger partial charge in [-0.15, -0.1) is 11.3 Å². The molecular weight excluding hydrogens is 461 g/mol. The highest BCUT2D eigenvalue weighted by Gasteiger charge is 2.31. The van der Waals surface area contributed by atoms with Crippen molar-refractivity contribution in [3.05, 3.63) is 70.4 Å². The summed E-state index contributed by atoms with van der Waals surface area (Å²) in [6.45, 7) is 2.54. The van der Waals surface area contributed by atoms with E-state index in [4.69, 9.17) is 5.41 Å². The molecule has 9 heteroatoms. The number of benzene rings is 1. The summed E-state index contributed by atoms with van der Waals surface area (Å²) in [5.74, 6) is -0.143. The van der Waals surface area contributed by atoms with Crippen LogP contribution in [-0.4, -0.2) is 48.2 Å². The molecule has 0 saturated heterocycles. The van der Waals surface area contributed by atoms with Crippen LogP contribution in [0.2, 0.25) is 0 Å². The van der Waals surface area contributed by atoms with Gasteiger partial charge in [0.25, 0.3) is 5.91 Å². The number of hydrogen-bond donors (Lipinski definition) is 1. The van der Waals surface area contributed by atoms with Crippen molar-refractivity contribution in [1.29, 1.82) is 5.41 Å². The first-order valence-electron chi connectivity index (χ1n) is 10.9. The molecule has 4 rings (SSSR count). The molecule has 3 heterocycles. The SMILES string of the molecule is C[C@@H](CC(=N)c1ccc(N2CCc3cc(-c4ccc(C(F)(F)F)cc4)sc3C2=O)cn1)N(C)C. The van der Waals surface area contributed by atoms with Gasteiger partial charge in [-0.2, -0.15) is 13.2 Å². The Kier molecular flexibility index (Phi) is 6.60. The van der Waals surface area contributed by atoms with Gasteiger partial charge < -0.3 is 15.2 Å². The van der Waals surface area contributed by atoms with Crippen molar-refractivity contribution in [3.8, 4) is 10.4 Å². The van der Waals surface area contributed by atoms with Crippen LogP contribution in [-0.2, 0) is 12.6 Å². The predicted octanol–water partition coefficient (Wildman–Crippen LogP) is 5.74. The van der Waals surface area contributed by atoms with Crippen LogP contribution in [0.5, 0.6) is 0 Å². The van der Waals surface area contributed by atoms with Gasteiger partial charge in [-0.25, -0.2) is 0 Å². The predicted molar refractivity (Wildman–Crippen MR) is 129 cm³/mol. The molecule has 34 heavy (non-hydrogen) atoms. The molecule has 1 atom stereocenters. The van der Waals surface area contributed by atoms with Gasteiger partial charge in [0.2, 0.25) is 0 Å². The summed E-state index contributed by atoms with van der Waals surface area (Å²) in [7, 11) is 3.94. The van der Waals surface area contributed by atoms with E-state index in [-0.39, 0.29) is 11.9 Å². The van der Waals surface area contributed by atoms with Crippen LogP contribution in [0, 0.1) is 5.41 Å². The lowest BCUT2D eigenvalue weighted by Crippen LogP contribution is -2.36. The average molecular weight is 487 g/mol. The number of nitrogens with one attached hydrogen (secondary N) is 1. The molecule has 1 amide bonds. The molecule has 0 aliphatic carbocycles. The van der Waals surface area contributed by atoms with Gasteiger partial charge in [0.05, 0.1) is 33.7 Å². The van der Waals surface area contributed by atoms with E-state index < -0.39 is 11.7 Å². The highest BCUT2D eigenvalue weighted by atomic mass is 32.1. The van der Waals surface area contributed by atoms with Crippen LogP contribution in [0.1, 0.15) is 39.8 Å². The van der Waals surface area contributed by atoms with Gasteiger partial charge in [0, 0.05) is 23.9 Å². The third-order valence-corrected chi connectivity index (χ3v) is 7.31. The number of pyridine rings is 1. The van der Waals surface area contributed by atoms with E-state index in [0.29, 0.717) is 46.9 Å². The maximum absolute atomic E-state index is 13.2. The minimum atomic E-state index is -4.38. The second kappa shape index (κ2) is 9.31. The van der Waals surface area contributed by atoms with Crippen LogP contribution >= 0.6 is 11.3 Å². The van der Waals surface area contributed by atoms with Gasteiger partial charge in [-0.3, -0.25) is 9.78 Å². The number of fused-ring (bicyclic) bond motifs is 1. The highest BCUT2D eigenvalue weighted by Crippen LogP contribution is 2.37. The summed E-state index contributed by atoms with van der Waals surface area (Å²) in [6, 6.07) is 10.7. The fraction of sp³-hybridized carbons (Fsp3) is 0.320. The number of carbonyl (C=O) groups is 1. The first-order chi connectivity index (χ1) is 16.0. The number of alkyl halides is 3. The van der Waals surface area contributed by atoms with Gasteiger partial charge in [0.15, 0.2) is 0 Å². The maximum atomic E-state index is 13.2. The number of rotatable bonds is 6. The minimum absolute atomic E-state index is 0.143. The molecule has 0 spiro atoms. The molecule has 5 nitrogen and oxygen atoms in total. The Balaban J connectivity index is 1.51. The van der Waals surface area contributed by atoms with Crippen molar-refractivity contribution in [2.75, 3.05) is 25.5 Å². The monoisotopic (exact) mass is 486 g/mol. The van der Waals surface area contributed by atoms with Crippen LogP contribution < -0.4 is 4.90 Å². The lowest BCUT2D eigenvalue weighted by atomic mass is 10.0. The van der Waals surface area contributed by atoms with Crippen molar-refractivity contribution in [3.63, 3.8) is 0 Å². The van der Waals surface area contributed by atoms with E-state index in [1.807, 2.05) is 38.1 Å². The Hall–Kier alpha value is -3.04. The number of amides is 1. The molecule has 2 aromatic heterocycles. The lowest BCUT2D eigenvalue weighted by molar-refractivity contribution is -0.137. The smallest absolute Gasteiger partial charge is 0.306 e. The van der Waals surface area contributed by atoms with Crippen LogP contribution in [0.3, 0.4) is 0 Å². The molecular formula is C25H25F3N4OS. The van der Waals surface area contributed by atoms with E-state index in [0.717, 1.165) is 22.6 Å². The van der Waals surface area contributed by atoms with Gasteiger partial charge in [-0.05, 0) is 68.9 Å². The minimum Gasteiger partial charge on any atom is -0.306 e. The molecule has 1 aliphatic heterocycles. The summed E-state index contributed by atoms with van der Waals surface area (Å²) in [5.41, 5.74) is 2.56. The van der Waals surface area contributed by atoms with Gasteiger partial charge in [0.1, 0.15) is 0 Å². The molecule has 0 fully saturated rings. The summed E-state index contributed by atoms with van der Waals surface area (Å²) in [5, 5.41) is 8.31. The fourth-order valence-electron chi connectivity index (χ4n) is 3.77. The first kappa shape index (κ1) is 24.1. The molecule has 0 bridgehead atoms. The Labute approximate surface area is 200 Å². The maximum Gasteiger partial charge on any atom is 0.416 e. The number of thiophene rings is 1. The van der Waals surface area contributed by atoms with E-state index >= 15 is 0 Å². The molecule has 178 valence electrons. The van der Waals surface area contributed by atoms with Crippen molar-refractivity contribution >= 4 is 28.6 Å². The first-order valence-corrected chi connectivity index (χ1v) is 11.7. The number of halogens is 3. The quantitative estimate of drug-likeness (QED) is 0.452. The molecule has 0 unspecified atom stereocenters. The summed E-state index contributed by atoms with van der Waals surface area (Å²) >= 11 is 1.29. The standard InChI is InChI=1S/C25H25F3N4OS/c1-15(31(2)3)12-20(29)21-9-8-19(14-30-21)32-11-10-17-13-22(34-23(17)24(32)33)16-4-6-18(7-5-16)25(26,27)28/h4-9,13-15,29H,10-12H2,1-3H3/t15-/m0/s1. The van der Waals surface area contributed by atoms with Crippen molar-refractivity contribution in [2.24, 2.45) is 0 Å². The fourth-order valence-corrected chi connectivity index (χ4v) is 4.94. The van der Waals surface area contributed by atoms with E-state index in [2.05, 4.69) is 4.98 Å². The lowest BCUT2D eigenvalue weighted by Gasteiger charge is -2.26. The third kappa shape index (κ3) is 4.90. The zero-order chi connectivity index (χ0) is 24.6. The van der Waals surface area contributed by atoms with Crippen LogP contribution in [0.15, 0.2) is 48.7 Å². The number of nitrogens with zero attached hydrogens (tertiary/aromatic N) is 3. The van der Waals surface area contributed by atoms with Gasteiger partial charge >= 0.3 is 6.18 Å². The Morgan fingerprint density at radius 3 is 2.50 bits per heavy atom. The Bertz CT molecular complexity index is 1200. The van der Waals surface area contributed by atoms with Crippen molar-refractivity contribution < 1.29 is 18.0 Å². The molecule has 1 aromatic carbocycles. The average Bonchev–Trinajstić information content (AvgIpc) is 3.24. The van der Waals surface area contributed by atoms with Gasteiger partial charge in [-0.1, -0.05) is 12.1 Å². The topological polar surface area (TPSA) is 60.3 Å². The summed E-state index contributed by atoms with van der Waals surface area (Å²) in [4.78, 5) is 22.7. The Morgan fingerprint density at radius 2 is 1.91 bits per heavy atom. The second-order valence-corrected chi connectivity index (χ2v) is 9.70. The summed E-state index contributed by atoms with van der Waals surface area (Å²) < 4.78 is 38.6. The van der Waals surface area contributed by atoms with Crippen molar-refractivity contribution in [2.45, 2.75) is 32.0 Å². The molecule has 1 aliphatic rings. The molecule has 1 N–H and O–H groups in total. The number of aromatic nitrogens is 1. The second-order valence-electron chi connectivity index (χ2n) is 8.64. The molecule has 0 radical (unpaired) electrons. The van der Waals surface area contributed by atoms with E-state index in [9.17, 15) is 18.0 Å². The number of anilines is 1. The summed E-state index contributed by atoms with van der Waals surface area (Å²) in [6.07, 6.45) is -1.53. The third-order valence-electron chi connectivity index (χ3n) is 6.10. The van der Waals surface area contributed by atoms with Crippen molar-refractivity contribution in [1.82, 2.24) is 9.88 Å². The zero-order valence-corrected chi connectivity index (χ0v) is 19.9. The number of hydrogen-bond acceptors (Lipinski definition) is 5. The Morgan fingerprint density at radius 1 is 1.21 bits per heavy atom. The molecule has 3 aromatic rings. The number of carbonyl (C=O) groups excluding carboxylic acids is 1. The van der Waals surface area contributed by atoms with Crippen LogP contribution in [0.4, 0.5) is 18.9 Å². The molecule has 0 saturated carbocycles. The highest BCUT2D eigenvalue weighted by molar-refractivity contribution is 7.17. The van der Waals surface area contributed by atoms with Crippen LogP contribution in [0.25, 0.3) is 10.4 Å².